The fourth-order valence-corrected chi connectivity index (χ4v) is 3.79. The van der Waals surface area contributed by atoms with Crippen LogP contribution in [0.4, 0.5) is 5.82 Å². The minimum absolute atomic E-state index is 0.683. The second-order valence-corrected chi connectivity index (χ2v) is 7.00. The predicted molar refractivity (Wildman–Crippen MR) is 111 cm³/mol. The standard InChI is InChI=1S/C22H20N6/c23-14-18-13-21(27-22(18)28-9-7-24-8-10-28)17-4-6-26-20(12-17)16-2-1-15-3-5-25-19(15)11-16/h1-6,11-13,24-25,27H,7-10H2. The van der Waals surface area contributed by atoms with Gasteiger partial charge in [0.25, 0.3) is 0 Å². The highest BCUT2D eigenvalue weighted by Crippen LogP contribution is 2.30. The van der Waals surface area contributed by atoms with Crippen LogP contribution in [0.15, 0.2) is 54.9 Å². The number of aromatic amines is 2. The number of nitrogens with zero attached hydrogens (tertiary/aromatic N) is 3. The topological polar surface area (TPSA) is 83.5 Å². The molecule has 3 aromatic heterocycles. The summed E-state index contributed by atoms with van der Waals surface area (Å²) < 4.78 is 0. The van der Waals surface area contributed by atoms with E-state index in [2.05, 4.69) is 61.6 Å². The summed E-state index contributed by atoms with van der Waals surface area (Å²) in [5.41, 5.74) is 5.71. The van der Waals surface area contributed by atoms with Gasteiger partial charge < -0.3 is 20.2 Å². The minimum Gasteiger partial charge on any atom is -0.361 e. The van der Waals surface area contributed by atoms with Crippen molar-refractivity contribution in [3.05, 3.63) is 60.4 Å². The van der Waals surface area contributed by atoms with Gasteiger partial charge in [-0.3, -0.25) is 4.98 Å². The maximum absolute atomic E-state index is 9.59. The summed E-state index contributed by atoms with van der Waals surface area (Å²) in [6.45, 7) is 3.65. The molecule has 0 spiro atoms. The van der Waals surface area contributed by atoms with E-state index in [0.717, 1.165) is 60.0 Å². The van der Waals surface area contributed by atoms with Crippen molar-refractivity contribution in [2.24, 2.45) is 0 Å². The molecule has 1 aliphatic rings. The number of rotatable bonds is 3. The first-order valence-electron chi connectivity index (χ1n) is 9.44. The zero-order chi connectivity index (χ0) is 18.9. The summed E-state index contributed by atoms with van der Waals surface area (Å²) in [6.07, 6.45) is 3.76. The number of hydrogen-bond acceptors (Lipinski definition) is 4. The first kappa shape index (κ1) is 16.6. The monoisotopic (exact) mass is 368 g/mol. The fourth-order valence-electron chi connectivity index (χ4n) is 3.79. The van der Waals surface area contributed by atoms with Crippen molar-refractivity contribution in [2.45, 2.75) is 0 Å². The van der Waals surface area contributed by atoms with E-state index >= 15 is 0 Å². The van der Waals surface area contributed by atoms with Crippen molar-refractivity contribution in [3.63, 3.8) is 0 Å². The molecule has 0 bridgehead atoms. The Kier molecular flexibility index (Phi) is 4.08. The summed E-state index contributed by atoms with van der Waals surface area (Å²) in [6, 6.07) is 16.7. The number of pyridine rings is 1. The third kappa shape index (κ3) is 2.92. The van der Waals surface area contributed by atoms with Gasteiger partial charge in [0.2, 0.25) is 0 Å². The number of fused-ring (bicyclic) bond motifs is 1. The highest BCUT2D eigenvalue weighted by Gasteiger charge is 2.18. The van der Waals surface area contributed by atoms with Crippen LogP contribution in [0, 0.1) is 11.3 Å². The Morgan fingerprint density at radius 1 is 1.00 bits per heavy atom. The van der Waals surface area contributed by atoms with E-state index in [1.165, 1.54) is 5.39 Å². The lowest BCUT2D eigenvalue weighted by molar-refractivity contribution is 0.585. The maximum Gasteiger partial charge on any atom is 0.124 e. The SMILES string of the molecule is N#Cc1cc(-c2ccnc(-c3ccc4cc[nH]c4c3)c2)[nH]c1N1CCNCC1. The molecule has 4 heterocycles. The van der Waals surface area contributed by atoms with Gasteiger partial charge in [0, 0.05) is 60.9 Å². The summed E-state index contributed by atoms with van der Waals surface area (Å²) >= 11 is 0. The molecule has 3 N–H and O–H groups in total. The Balaban J connectivity index is 1.52. The Morgan fingerprint density at radius 2 is 1.89 bits per heavy atom. The molecule has 1 fully saturated rings. The number of nitriles is 1. The molecule has 5 rings (SSSR count). The van der Waals surface area contributed by atoms with E-state index in [9.17, 15) is 5.26 Å². The van der Waals surface area contributed by atoms with E-state index in [1.807, 2.05) is 24.5 Å². The van der Waals surface area contributed by atoms with Crippen LogP contribution in [0.1, 0.15) is 5.56 Å². The first-order valence-corrected chi connectivity index (χ1v) is 9.44. The van der Waals surface area contributed by atoms with Gasteiger partial charge in [-0.2, -0.15) is 5.26 Å². The summed E-state index contributed by atoms with van der Waals surface area (Å²) in [5, 5.41) is 14.1. The van der Waals surface area contributed by atoms with Gasteiger partial charge in [0.1, 0.15) is 11.9 Å². The molecule has 0 atom stereocenters. The lowest BCUT2D eigenvalue weighted by Crippen LogP contribution is -2.44. The molecule has 1 aromatic carbocycles. The smallest absolute Gasteiger partial charge is 0.124 e. The number of aromatic nitrogens is 3. The lowest BCUT2D eigenvalue weighted by Gasteiger charge is -2.28. The molecular weight excluding hydrogens is 348 g/mol. The molecule has 0 aliphatic carbocycles. The van der Waals surface area contributed by atoms with Gasteiger partial charge in [-0.15, -0.1) is 0 Å². The number of anilines is 1. The second kappa shape index (κ2) is 6.87. The Morgan fingerprint density at radius 3 is 2.75 bits per heavy atom. The van der Waals surface area contributed by atoms with Crippen molar-refractivity contribution in [3.8, 4) is 28.6 Å². The van der Waals surface area contributed by atoms with Crippen LogP contribution in [0.2, 0.25) is 0 Å². The van der Waals surface area contributed by atoms with Crippen molar-refractivity contribution in [1.29, 1.82) is 5.26 Å². The Hall–Kier alpha value is -3.56. The van der Waals surface area contributed by atoms with Crippen LogP contribution in [-0.2, 0) is 0 Å². The first-order chi connectivity index (χ1) is 13.8. The van der Waals surface area contributed by atoms with Crippen LogP contribution in [-0.4, -0.2) is 41.1 Å². The van der Waals surface area contributed by atoms with Gasteiger partial charge >= 0.3 is 0 Å². The zero-order valence-electron chi connectivity index (χ0n) is 15.4. The fraction of sp³-hybridized carbons (Fsp3) is 0.182. The molecule has 6 nitrogen and oxygen atoms in total. The van der Waals surface area contributed by atoms with Gasteiger partial charge in [0.05, 0.1) is 11.3 Å². The van der Waals surface area contributed by atoms with Gasteiger partial charge in [-0.1, -0.05) is 12.1 Å². The maximum atomic E-state index is 9.59. The van der Waals surface area contributed by atoms with Crippen molar-refractivity contribution in [1.82, 2.24) is 20.3 Å². The van der Waals surface area contributed by atoms with Crippen LogP contribution in [0.3, 0.4) is 0 Å². The highest BCUT2D eigenvalue weighted by atomic mass is 15.2. The molecule has 0 saturated carbocycles. The number of benzene rings is 1. The highest BCUT2D eigenvalue weighted by molar-refractivity contribution is 5.84. The van der Waals surface area contributed by atoms with E-state index in [4.69, 9.17) is 0 Å². The second-order valence-electron chi connectivity index (χ2n) is 7.00. The Labute approximate surface area is 162 Å². The number of piperazine rings is 1. The van der Waals surface area contributed by atoms with Crippen molar-refractivity contribution in [2.75, 3.05) is 31.1 Å². The van der Waals surface area contributed by atoms with Gasteiger partial charge in [0.15, 0.2) is 0 Å². The normalized spacial score (nSPS) is 14.3. The van der Waals surface area contributed by atoms with E-state index in [1.54, 1.807) is 0 Å². The van der Waals surface area contributed by atoms with Crippen LogP contribution >= 0.6 is 0 Å². The quantitative estimate of drug-likeness (QED) is 0.517. The summed E-state index contributed by atoms with van der Waals surface area (Å²) in [4.78, 5) is 13.5. The number of H-pyrrole nitrogens is 2. The van der Waals surface area contributed by atoms with Crippen LogP contribution in [0.25, 0.3) is 33.4 Å². The zero-order valence-corrected chi connectivity index (χ0v) is 15.4. The molecule has 1 aliphatic heterocycles. The third-order valence-electron chi connectivity index (χ3n) is 5.27. The molecule has 0 amide bonds. The van der Waals surface area contributed by atoms with Crippen LogP contribution < -0.4 is 10.2 Å². The van der Waals surface area contributed by atoms with E-state index < -0.39 is 0 Å². The molecule has 0 radical (unpaired) electrons. The third-order valence-corrected chi connectivity index (χ3v) is 5.27. The molecule has 28 heavy (non-hydrogen) atoms. The Bertz CT molecular complexity index is 1170. The average Bonchev–Trinajstić information content (AvgIpc) is 3.41. The molecule has 0 unspecified atom stereocenters. The largest absolute Gasteiger partial charge is 0.361 e. The summed E-state index contributed by atoms with van der Waals surface area (Å²) in [5.74, 6) is 0.908. The minimum atomic E-state index is 0.683. The van der Waals surface area contributed by atoms with Crippen molar-refractivity contribution >= 4 is 16.7 Å². The molecule has 138 valence electrons. The molecule has 6 heteroatoms. The van der Waals surface area contributed by atoms with Gasteiger partial charge in [-0.25, -0.2) is 0 Å². The number of nitrogens with one attached hydrogen (secondary N) is 3. The van der Waals surface area contributed by atoms with E-state index in [-0.39, 0.29) is 0 Å². The van der Waals surface area contributed by atoms with E-state index in [0.29, 0.717) is 5.56 Å². The molecule has 4 aromatic rings. The molecule has 1 saturated heterocycles. The molecular formula is C22H20N6. The average molecular weight is 368 g/mol. The van der Waals surface area contributed by atoms with Crippen LogP contribution in [0.5, 0.6) is 0 Å². The lowest BCUT2D eigenvalue weighted by atomic mass is 10.1. The summed E-state index contributed by atoms with van der Waals surface area (Å²) in [7, 11) is 0. The number of hydrogen-bond donors (Lipinski definition) is 3. The van der Waals surface area contributed by atoms with Gasteiger partial charge in [-0.05, 0) is 35.7 Å². The van der Waals surface area contributed by atoms with Crippen molar-refractivity contribution < 1.29 is 0 Å². The predicted octanol–water partition coefficient (Wildman–Crippen LogP) is 3.51.